The third-order valence-electron chi connectivity index (χ3n) is 8.53. The Morgan fingerprint density at radius 3 is 2.60 bits per heavy atom. The molecule has 0 saturated heterocycles. The lowest BCUT2D eigenvalue weighted by Gasteiger charge is -2.21. The number of hydrogen-bond acceptors (Lipinski definition) is 6. The lowest BCUT2D eigenvalue weighted by atomic mass is 9.99. The van der Waals surface area contributed by atoms with Gasteiger partial charge in [-0.25, -0.2) is 18.9 Å². The van der Waals surface area contributed by atoms with Gasteiger partial charge in [0.2, 0.25) is 0 Å². The topological polar surface area (TPSA) is 120 Å². The van der Waals surface area contributed by atoms with Gasteiger partial charge in [0.1, 0.15) is 17.3 Å². The number of ether oxygens (including phenoxy) is 1. The number of benzene rings is 2. The zero-order chi connectivity index (χ0) is 35.4. The largest absolute Gasteiger partial charge is 0.449 e. The minimum atomic E-state index is -4.91. The molecule has 260 valence electrons. The van der Waals surface area contributed by atoms with Crippen LogP contribution >= 0.6 is 0 Å². The molecule has 1 aliphatic carbocycles. The fourth-order valence-electron chi connectivity index (χ4n) is 5.70. The number of nitrogens with zero attached hydrogens (tertiary/aromatic N) is 4. The van der Waals surface area contributed by atoms with E-state index >= 15 is 4.39 Å². The Hall–Kier alpha value is -5.53. The van der Waals surface area contributed by atoms with Crippen LogP contribution < -0.4 is 16.2 Å². The number of hydrogen-bond donors (Lipinski definition) is 2. The third-order valence-corrected chi connectivity index (χ3v) is 8.53. The van der Waals surface area contributed by atoms with Gasteiger partial charge >= 0.3 is 12.3 Å². The highest BCUT2D eigenvalue weighted by molar-refractivity contribution is 6.04. The molecular formula is C36H34F4N6O4. The number of unbranched alkanes of at least 4 members (excludes halogenated alkanes) is 1. The van der Waals surface area contributed by atoms with Crippen molar-refractivity contribution < 1.29 is 31.9 Å². The summed E-state index contributed by atoms with van der Waals surface area (Å²) < 4.78 is 64.6. The summed E-state index contributed by atoms with van der Waals surface area (Å²) in [5.41, 5.74) is -1.79. The maximum Gasteiger partial charge on any atom is 0.435 e. The van der Waals surface area contributed by atoms with Gasteiger partial charge in [-0.2, -0.15) is 18.3 Å². The van der Waals surface area contributed by atoms with Crippen molar-refractivity contribution >= 4 is 34.3 Å². The van der Waals surface area contributed by atoms with Crippen LogP contribution in [0.1, 0.15) is 73.2 Å². The van der Waals surface area contributed by atoms with Crippen molar-refractivity contribution in [3.63, 3.8) is 0 Å². The molecule has 6 rings (SSSR count). The van der Waals surface area contributed by atoms with E-state index in [-0.39, 0.29) is 29.4 Å². The minimum Gasteiger partial charge on any atom is -0.449 e. The van der Waals surface area contributed by atoms with Crippen LogP contribution in [0.3, 0.4) is 0 Å². The molecule has 0 aliphatic heterocycles. The minimum absolute atomic E-state index is 0.0476. The molecule has 50 heavy (non-hydrogen) atoms. The first-order valence-corrected chi connectivity index (χ1v) is 16.3. The molecule has 1 aliphatic rings. The number of fused-ring (bicyclic) bond motifs is 1. The molecule has 2 amide bonds. The van der Waals surface area contributed by atoms with Crippen LogP contribution in [0.15, 0.2) is 83.9 Å². The first-order valence-electron chi connectivity index (χ1n) is 16.3. The summed E-state index contributed by atoms with van der Waals surface area (Å²) in [6, 6.07) is 15.1. The maximum absolute atomic E-state index is 15.2. The van der Waals surface area contributed by atoms with Gasteiger partial charge in [0.25, 0.3) is 11.5 Å². The number of anilines is 2. The number of nitrogens with one attached hydrogen (secondary N) is 2. The average Bonchev–Trinajstić information content (AvgIpc) is 3.80. The molecule has 3 heterocycles. The Kier molecular flexibility index (Phi) is 9.98. The summed E-state index contributed by atoms with van der Waals surface area (Å²) in [7, 11) is 0. The van der Waals surface area contributed by atoms with Gasteiger partial charge < -0.3 is 14.6 Å². The molecule has 5 aromatic rings. The van der Waals surface area contributed by atoms with E-state index in [0.717, 1.165) is 36.4 Å². The average molecular weight is 691 g/mol. The van der Waals surface area contributed by atoms with Crippen molar-refractivity contribution in [3.05, 3.63) is 112 Å². The van der Waals surface area contributed by atoms with E-state index in [1.807, 2.05) is 6.92 Å². The molecule has 1 saturated carbocycles. The third kappa shape index (κ3) is 7.85. The smallest absolute Gasteiger partial charge is 0.435 e. The monoisotopic (exact) mass is 690 g/mol. The van der Waals surface area contributed by atoms with Crippen molar-refractivity contribution in [2.45, 2.75) is 57.7 Å². The summed E-state index contributed by atoms with van der Waals surface area (Å²) in [4.78, 5) is 43.0. The van der Waals surface area contributed by atoms with Gasteiger partial charge in [0.05, 0.1) is 24.0 Å². The molecule has 0 bridgehead atoms. The van der Waals surface area contributed by atoms with Crippen molar-refractivity contribution in [2.75, 3.05) is 17.2 Å². The highest BCUT2D eigenvalue weighted by Gasteiger charge is 2.36. The van der Waals surface area contributed by atoms with Crippen LogP contribution in [0.4, 0.5) is 33.9 Å². The number of halogens is 4. The van der Waals surface area contributed by atoms with Crippen LogP contribution in [-0.2, 0) is 10.9 Å². The van der Waals surface area contributed by atoms with Gasteiger partial charge in [-0.3, -0.25) is 14.9 Å². The molecule has 14 heteroatoms. The Balaban J connectivity index is 1.34. The maximum atomic E-state index is 15.2. The van der Waals surface area contributed by atoms with Crippen LogP contribution in [0.2, 0.25) is 0 Å². The second-order valence-corrected chi connectivity index (χ2v) is 12.2. The second-order valence-electron chi connectivity index (χ2n) is 12.2. The summed E-state index contributed by atoms with van der Waals surface area (Å²) in [6.45, 7) is 2.14. The number of alkyl halides is 3. The normalized spacial score (nSPS) is 13.6. The van der Waals surface area contributed by atoms with Crippen LogP contribution in [0.25, 0.3) is 16.5 Å². The van der Waals surface area contributed by atoms with Gasteiger partial charge in [-0.05, 0) is 72.5 Å². The molecule has 1 unspecified atom stereocenters. The van der Waals surface area contributed by atoms with Crippen molar-refractivity contribution in [1.29, 1.82) is 0 Å². The quantitative estimate of drug-likeness (QED) is 0.101. The van der Waals surface area contributed by atoms with E-state index in [1.165, 1.54) is 36.5 Å². The van der Waals surface area contributed by atoms with E-state index in [2.05, 4.69) is 20.7 Å². The number of pyridine rings is 2. The summed E-state index contributed by atoms with van der Waals surface area (Å²) in [5, 5.41) is 9.61. The highest BCUT2D eigenvalue weighted by Crippen LogP contribution is 2.37. The second kappa shape index (κ2) is 14.5. The van der Waals surface area contributed by atoms with Crippen molar-refractivity contribution in [2.24, 2.45) is 5.92 Å². The summed E-state index contributed by atoms with van der Waals surface area (Å²) in [5.74, 6) is -1.23. The Labute approximate surface area is 284 Å². The predicted molar refractivity (Wildman–Crippen MR) is 179 cm³/mol. The Bertz CT molecular complexity index is 2090. The van der Waals surface area contributed by atoms with Gasteiger partial charge in [-0.15, -0.1) is 0 Å². The SMILES string of the molecule is CCCCOC(=O)Nc1nccc2ccc(-n3nc(C(F)(F)F)cc3C(=O)Nc3cc(C(CCC4CC4)n4ccccc4=O)ccc3F)cc12. The number of amides is 2. The molecule has 0 radical (unpaired) electrons. The van der Waals surface area contributed by atoms with Crippen molar-refractivity contribution in [1.82, 2.24) is 19.3 Å². The fourth-order valence-corrected chi connectivity index (χ4v) is 5.70. The van der Waals surface area contributed by atoms with E-state index in [1.54, 1.807) is 35.0 Å². The molecular weight excluding hydrogens is 656 g/mol. The van der Waals surface area contributed by atoms with Gasteiger partial charge in [0.15, 0.2) is 5.69 Å². The van der Waals surface area contributed by atoms with E-state index in [0.29, 0.717) is 41.2 Å². The molecule has 2 N–H and O–H groups in total. The van der Waals surface area contributed by atoms with Crippen LogP contribution in [-0.4, -0.2) is 37.9 Å². The molecule has 10 nitrogen and oxygen atoms in total. The zero-order valence-electron chi connectivity index (χ0n) is 27.0. The predicted octanol–water partition coefficient (Wildman–Crippen LogP) is 8.12. The molecule has 2 aromatic carbocycles. The zero-order valence-corrected chi connectivity index (χ0v) is 27.0. The van der Waals surface area contributed by atoms with E-state index in [4.69, 9.17) is 4.74 Å². The highest BCUT2D eigenvalue weighted by atomic mass is 19.4. The Morgan fingerprint density at radius 1 is 1.04 bits per heavy atom. The lowest BCUT2D eigenvalue weighted by Crippen LogP contribution is -2.24. The number of aromatic nitrogens is 4. The molecule has 1 fully saturated rings. The molecule has 0 spiro atoms. The summed E-state index contributed by atoms with van der Waals surface area (Å²) >= 11 is 0. The first-order chi connectivity index (χ1) is 24.0. The summed E-state index contributed by atoms with van der Waals surface area (Å²) in [6.07, 6.45) is 2.57. The van der Waals surface area contributed by atoms with E-state index < -0.39 is 41.4 Å². The Morgan fingerprint density at radius 2 is 1.86 bits per heavy atom. The number of carbonyl (C=O) groups excluding carboxylic acids is 2. The van der Waals surface area contributed by atoms with Gasteiger partial charge in [-0.1, -0.05) is 44.4 Å². The lowest BCUT2D eigenvalue weighted by molar-refractivity contribution is -0.141. The van der Waals surface area contributed by atoms with Crippen LogP contribution in [0, 0.1) is 11.7 Å². The number of rotatable bonds is 12. The van der Waals surface area contributed by atoms with E-state index in [9.17, 15) is 27.6 Å². The number of carbonyl (C=O) groups is 2. The first kappa shape index (κ1) is 34.3. The molecule has 1 atom stereocenters. The standard InChI is InChI=1S/C36H34F4N6O4/c1-2-3-18-50-35(49)43-33-26-20-25(12-10-23(26)15-16-41-33)46-30(21-31(44-46)36(38,39)40)34(48)42-28-19-24(11-13-27(28)37)29(14-9-22-7-8-22)45-17-5-4-6-32(45)47/h4-6,10-13,15-17,19-22,29H,2-3,7-9,14,18H2,1H3,(H,42,48)(H,41,43,49). The fraction of sp³-hybridized carbons (Fsp3) is 0.306. The molecule has 3 aromatic heterocycles. The van der Waals surface area contributed by atoms with Crippen LogP contribution in [0.5, 0.6) is 0 Å². The van der Waals surface area contributed by atoms with Crippen molar-refractivity contribution in [3.8, 4) is 5.69 Å². The van der Waals surface area contributed by atoms with Gasteiger partial charge in [0, 0.05) is 29.9 Å².